The van der Waals surface area contributed by atoms with Crippen molar-refractivity contribution in [2.75, 3.05) is 23.3 Å². The minimum atomic E-state index is -2.68. The van der Waals surface area contributed by atoms with Crippen molar-refractivity contribution in [3.63, 3.8) is 0 Å². The number of carbonyl (C=O) groups excluding carboxylic acids is 1. The summed E-state index contributed by atoms with van der Waals surface area (Å²) in [5.41, 5.74) is 3.58. The van der Waals surface area contributed by atoms with Crippen molar-refractivity contribution in [2.24, 2.45) is 5.92 Å². The average Bonchev–Trinajstić information content (AvgIpc) is 3.62. The molecule has 0 bridgehead atoms. The van der Waals surface area contributed by atoms with Crippen LogP contribution in [-0.2, 0) is 0 Å². The topological polar surface area (TPSA) is 45.2 Å². The van der Waals surface area contributed by atoms with Crippen LogP contribution in [0.25, 0.3) is 0 Å². The number of anilines is 2. The third-order valence-corrected chi connectivity index (χ3v) is 5.83. The van der Waals surface area contributed by atoms with Crippen LogP contribution in [0.4, 0.5) is 20.3 Å². The zero-order chi connectivity index (χ0) is 24.0. The minimum absolute atomic E-state index is 0. The highest BCUT2D eigenvalue weighted by Crippen LogP contribution is 2.32. The average molecular weight is 456 g/mol. The maximum Gasteiger partial charge on any atom is 0.259 e. The van der Waals surface area contributed by atoms with Crippen LogP contribution >= 0.6 is 0 Å². The van der Waals surface area contributed by atoms with Crippen LogP contribution in [0.5, 0.6) is 0 Å². The first-order valence-electron chi connectivity index (χ1n) is 11.8. The van der Waals surface area contributed by atoms with Gasteiger partial charge in [0.1, 0.15) is 5.82 Å². The largest absolute Gasteiger partial charge is 0.356 e. The van der Waals surface area contributed by atoms with Crippen molar-refractivity contribution < 1.29 is 15.0 Å². The molecule has 0 unspecified atom stereocenters. The maximum atomic E-state index is 13.9. The Kier molecular flexibility index (Phi) is 8.07. The van der Waals surface area contributed by atoms with Gasteiger partial charge in [0, 0.05) is 50.7 Å². The molecule has 2 fully saturated rings. The molecular formula is C27H35F2N3O. The molecule has 2 aliphatic rings. The van der Waals surface area contributed by atoms with E-state index in [1.54, 1.807) is 6.20 Å². The van der Waals surface area contributed by atoms with Gasteiger partial charge >= 0.3 is 0 Å². The predicted octanol–water partition coefficient (Wildman–Crippen LogP) is 6.61. The summed E-state index contributed by atoms with van der Waals surface area (Å²) in [5.74, 6) is 4.30. The Hall–Kier alpha value is -2.94. The van der Waals surface area contributed by atoms with Crippen molar-refractivity contribution >= 4 is 17.4 Å². The van der Waals surface area contributed by atoms with Crippen LogP contribution in [0.1, 0.15) is 74.4 Å². The van der Waals surface area contributed by atoms with E-state index in [0.29, 0.717) is 41.5 Å². The van der Waals surface area contributed by atoms with Gasteiger partial charge in [0.15, 0.2) is 0 Å². The predicted molar refractivity (Wildman–Crippen MR) is 132 cm³/mol. The highest BCUT2D eigenvalue weighted by Gasteiger charge is 2.33. The molecular weight excluding hydrogens is 420 g/mol. The second kappa shape index (κ2) is 10.8. The van der Waals surface area contributed by atoms with Crippen molar-refractivity contribution in [3.8, 4) is 11.8 Å². The molecule has 1 aliphatic carbocycles. The lowest BCUT2D eigenvalue weighted by Gasteiger charge is -2.25. The number of nitrogens with zero attached hydrogens (tertiary/aromatic N) is 2. The van der Waals surface area contributed by atoms with Gasteiger partial charge in [-0.1, -0.05) is 37.8 Å². The number of amides is 1. The molecule has 1 aliphatic heterocycles. The number of aromatic nitrogens is 1. The van der Waals surface area contributed by atoms with Crippen molar-refractivity contribution in [1.29, 1.82) is 0 Å². The van der Waals surface area contributed by atoms with Gasteiger partial charge in [0.05, 0.1) is 5.56 Å². The molecule has 0 radical (unpaired) electrons. The van der Waals surface area contributed by atoms with Gasteiger partial charge < -0.3 is 10.2 Å². The summed E-state index contributed by atoms with van der Waals surface area (Å²) in [6.45, 7) is 8.43. The molecule has 0 spiro atoms. The van der Waals surface area contributed by atoms with Crippen molar-refractivity contribution in [3.05, 3.63) is 52.7 Å². The number of rotatable bonds is 3. The smallest absolute Gasteiger partial charge is 0.259 e. The maximum absolute atomic E-state index is 13.9. The number of hydrogen-bond donors (Lipinski definition) is 1. The number of carbonyl (C=O) groups is 1. The monoisotopic (exact) mass is 455 g/mol. The molecule has 2 heterocycles. The normalized spacial score (nSPS) is 17.1. The molecule has 33 heavy (non-hydrogen) atoms. The first-order valence-corrected chi connectivity index (χ1v) is 11.8. The molecule has 1 amide bonds. The quantitative estimate of drug-likeness (QED) is 0.530. The number of alkyl halides is 2. The van der Waals surface area contributed by atoms with E-state index in [-0.39, 0.29) is 26.7 Å². The second-order valence-corrected chi connectivity index (χ2v) is 8.56. The summed E-state index contributed by atoms with van der Waals surface area (Å²) in [4.78, 5) is 19.7. The summed E-state index contributed by atoms with van der Waals surface area (Å²) in [6.07, 6.45) is 3.87. The number of benzene rings is 1. The number of hydrogen-bond acceptors (Lipinski definition) is 3. The Bertz CT molecular complexity index is 1060. The van der Waals surface area contributed by atoms with Gasteiger partial charge in [-0.15, -0.1) is 0 Å². The molecule has 1 aromatic carbocycles. The van der Waals surface area contributed by atoms with Gasteiger partial charge in [0.25, 0.3) is 5.91 Å². The fourth-order valence-electron chi connectivity index (χ4n) is 3.83. The van der Waals surface area contributed by atoms with Crippen LogP contribution in [-0.4, -0.2) is 29.9 Å². The molecule has 4 rings (SSSR count). The van der Waals surface area contributed by atoms with E-state index in [1.807, 2.05) is 56.9 Å². The lowest BCUT2D eigenvalue weighted by Crippen LogP contribution is -2.30. The number of aryl methyl sites for hydroxylation is 1. The van der Waals surface area contributed by atoms with E-state index >= 15 is 0 Å². The van der Waals surface area contributed by atoms with Crippen LogP contribution in [0, 0.1) is 31.6 Å². The Morgan fingerprint density at radius 3 is 2.67 bits per heavy atom. The van der Waals surface area contributed by atoms with Crippen LogP contribution in [0.15, 0.2) is 30.5 Å². The summed E-state index contributed by atoms with van der Waals surface area (Å²) in [5, 5.41) is 2.95. The van der Waals surface area contributed by atoms with Gasteiger partial charge in [0.2, 0.25) is 5.92 Å². The minimum Gasteiger partial charge on any atom is -0.356 e. The summed E-state index contributed by atoms with van der Waals surface area (Å²) >= 11 is 0. The van der Waals surface area contributed by atoms with E-state index in [4.69, 9.17) is 0 Å². The zero-order valence-electron chi connectivity index (χ0n) is 20.0. The van der Waals surface area contributed by atoms with Gasteiger partial charge in [-0.25, -0.2) is 13.8 Å². The fourth-order valence-corrected chi connectivity index (χ4v) is 3.83. The number of nitrogens with one attached hydrogen (secondary N) is 1. The SMILES string of the molecule is CC.Cc1cccc(NC(=O)c2c(N3CCCC(F)(F)CC3)ncc(C#CC3CC3)c2C)c1.[HH]. The summed E-state index contributed by atoms with van der Waals surface area (Å²) in [6, 6.07) is 7.56. The van der Waals surface area contributed by atoms with E-state index < -0.39 is 5.92 Å². The molecule has 1 saturated heterocycles. The molecule has 1 N–H and O–H groups in total. The van der Waals surface area contributed by atoms with E-state index in [9.17, 15) is 13.6 Å². The second-order valence-electron chi connectivity index (χ2n) is 8.56. The van der Waals surface area contributed by atoms with Gasteiger partial charge in [-0.2, -0.15) is 0 Å². The lowest BCUT2D eigenvalue weighted by atomic mass is 10.0. The third-order valence-electron chi connectivity index (χ3n) is 5.83. The highest BCUT2D eigenvalue weighted by molar-refractivity contribution is 6.09. The highest BCUT2D eigenvalue weighted by atomic mass is 19.3. The molecule has 6 heteroatoms. The standard InChI is InChI=1S/C25H27F2N3O.C2H6.H2/c1-17-5-3-6-21(15-17)29-24(31)22-18(2)20(10-9-19-7-8-19)16-28-23(22)30-13-4-11-25(26,27)12-14-30;1-2;/h3,5-6,15-16,19H,4,7-8,11-14H2,1-2H3,(H,29,31);1-2H3;1H. The molecule has 4 nitrogen and oxygen atoms in total. The third kappa shape index (κ3) is 6.54. The van der Waals surface area contributed by atoms with Crippen molar-refractivity contribution in [1.82, 2.24) is 4.98 Å². The van der Waals surface area contributed by atoms with Crippen LogP contribution < -0.4 is 10.2 Å². The molecule has 0 atom stereocenters. The summed E-state index contributed by atoms with van der Waals surface area (Å²) in [7, 11) is 0. The Labute approximate surface area is 197 Å². The fraction of sp³-hybridized carbons (Fsp3) is 0.481. The number of halogens is 2. The van der Waals surface area contributed by atoms with Gasteiger partial charge in [-0.3, -0.25) is 4.79 Å². The van der Waals surface area contributed by atoms with E-state index in [2.05, 4.69) is 22.1 Å². The van der Waals surface area contributed by atoms with Crippen LogP contribution in [0.2, 0.25) is 0 Å². The molecule has 1 aromatic heterocycles. The van der Waals surface area contributed by atoms with Crippen molar-refractivity contribution in [2.45, 2.75) is 65.7 Å². The van der Waals surface area contributed by atoms with E-state index in [1.165, 1.54) is 0 Å². The lowest BCUT2D eigenvalue weighted by molar-refractivity contribution is -0.0102. The zero-order valence-corrected chi connectivity index (χ0v) is 20.0. The molecule has 1 saturated carbocycles. The Balaban J connectivity index is 0.00000133. The van der Waals surface area contributed by atoms with Crippen LogP contribution in [0.3, 0.4) is 0 Å². The van der Waals surface area contributed by atoms with E-state index in [0.717, 1.165) is 24.0 Å². The van der Waals surface area contributed by atoms with Gasteiger partial charge in [-0.05, 0) is 56.4 Å². The Morgan fingerprint density at radius 2 is 1.97 bits per heavy atom. The number of pyridine rings is 1. The molecule has 178 valence electrons. The summed E-state index contributed by atoms with van der Waals surface area (Å²) < 4.78 is 27.8. The first kappa shape index (κ1) is 24.7. The Morgan fingerprint density at radius 1 is 1.21 bits per heavy atom. The first-order chi connectivity index (χ1) is 15.8. The molecule has 2 aromatic rings.